The fourth-order valence-corrected chi connectivity index (χ4v) is 1.54. The second-order valence-corrected chi connectivity index (χ2v) is 3.49. The van der Waals surface area contributed by atoms with Crippen molar-refractivity contribution in [2.45, 2.75) is 13.8 Å². The van der Waals surface area contributed by atoms with Gasteiger partial charge < -0.3 is 0 Å². The molecular weight excluding hydrogens is 176 g/mol. The first-order chi connectivity index (χ1) is 6.61. The lowest BCUT2D eigenvalue weighted by Crippen LogP contribution is -2.20. The fraction of sp³-hybridized carbons (Fsp3) is 0.273. The van der Waals surface area contributed by atoms with Crippen molar-refractivity contribution in [2.75, 3.05) is 0 Å². The van der Waals surface area contributed by atoms with Crippen LogP contribution in [0.1, 0.15) is 11.4 Å². The highest BCUT2D eigenvalue weighted by Crippen LogP contribution is 2.12. The summed E-state index contributed by atoms with van der Waals surface area (Å²) in [6.45, 7) is 3.81. The molecular formula is C11H12N2O. The molecule has 0 aliphatic rings. The van der Waals surface area contributed by atoms with Gasteiger partial charge in [-0.2, -0.15) is 0 Å². The van der Waals surface area contributed by atoms with E-state index in [0.29, 0.717) is 5.39 Å². The van der Waals surface area contributed by atoms with Gasteiger partial charge in [0.1, 0.15) is 5.82 Å². The fourth-order valence-electron chi connectivity index (χ4n) is 1.54. The second-order valence-electron chi connectivity index (χ2n) is 3.49. The van der Waals surface area contributed by atoms with Gasteiger partial charge in [0.25, 0.3) is 5.56 Å². The van der Waals surface area contributed by atoms with E-state index >= 15 is 0 Å². The minimum absolute atomic E-state index is 0.0243. The lowest BCUT2D eigenvalue weighted by Gasteiger charge is -2.06. The van der Waals surface area contributed by atoms with Crippen molar-refractivity contribution in [1.82, 2.24) is 9.55 Å². The predicted octanol–water partition coefficient (Wildman–Crippen LogP) is 1.55. The summed E-state index contributed by atoms with van der Waals surface area (Å²) in [6, 6.07) is 5.67. The van der Waals surface area contributed by atoms with Crippen LogP contribution in [0.25, 0.3) is 10.9 Å². The highest BCUT2D eigenvalue weighted by molar-refractivity contribution is 5.80. The van der Waals surface area contributed by atoms with Gasteiger partial charge in [0, 0.05) is 7.05 Å². The molecule has 0 saturated heterocycles. The van der Waals surface area contributed by atoms with Crippen molar-refractivity contribution >= 4 is 10.9 Å². The molecule has 0 amide bonds. The zero-order valence-electron chi connectivity index (χ0n) is 8.53. The molecule has 2 aromatic rings. The van der Waals surface area contributed by atoms with Gasteiger partial charge in [-0.25, -0.2) is 4.98 Å². The molecule has 3 heteroatoms. The molecule has 0 spiro atoms. The minimum atomic E-state index is 0.0243. The van der Waals surface area contributed by atoms with Crippen LogP contribution < -0.4 is 5.56 Å². The Morgan fingerprint density at radius 3 is 2.71 bits per heavy atom. The molecule has 3 nitrogen and oxygen atoms in total. The number of aromatic nitrogens is 2. The van der Waals surface area contributed by atoms with Gasteiger partial charge in [-0.05, 0) is 25.5 Å². The summed E-state index contributed by atoms with van der Waals surface area (Å²) < 4.78 is 1.57. The molecule has 0 saturated carbocycles. The monoisotopic (exact) mass is 188 g/mol. The van der Waals surface area contributed by atoms with E-state index < -0.39 is 0 Å². The SMILES string of the molecule is Cc1cccc2c(=O)n(C)c(C)nc12. The Morgan fingerprint density at radius 2 is 2.00 bits per heavy atom. The van der Waals surface area contributed by atoms with Crippen molar-refractivity contribution in [3.63, 3.8) is 0 Å². The zero-order chi connectivity index (χ0) is 10.3. The summed E-state index contributed by atoms with van der Waals surface area (Å²) in [7, 11) is 1.74. The molecule has 0 atom stereocenters. The minimum Gasteiger partial charge on any atom is -0.299 e. The van der Waals surface area contributed by atoms with Crippen LogP contribution in [0.3, 0.4) is 0 Å². The number of fused-ring (bicyclic) bond motifs is 1. The van der Waals surface area contributed by atoms with Crippen LogP contribution in [0.15, 0.2) is 23.0 Å². The summed E-state index contributed by atoms with van der Waals surface area (Å²) in [4.78, 5) is 16.2. The first-order valence-corrected chi connectivity index (χ1v) is 4.54. The van der Waals surface area contributed by atoms with Crippen LogP contribution in [-0.4, -0.2) is 9.55 Å². The predicted molar refractivity (Wildman–Crippen MR) is 56.5 cm³/mol. The normalized spacial score (nSPS) is 10.8. The zero-order valence-corrected chi connectivity index (χ0v) is 8.53. The Morgan fingerprint density at radius 1 is 1.29 bits per heavy atom. The third kappa shape index (κ3) is 1.13. The maximum atomic E-state index is 11.8. The summed E-state index contributed by atoms with van der Waals surface area (Å²) in [5.41, 5.74) is 1.88. The molecule has 0 bridgehead atoms. The largest absolute Gasteiger partial charge is 0.299 e. The Hall–Kier alpha value is -1.64. The average molecular weight is 188 g/mol. The molecule has 1 aromatic carbocycles. The number of hydrogen-bond acceptors (Lipinski definition) is 2. The second kappa shape index (κ2) is 2.94. The van der Waals surface area contributed by atoms with E-state index in [-0.39, 0.29) is 5.56 Å². The van der Waals surface area contributed by atoms with E-state index in [2.05, 4.69) is 4.98 Å². The van der Waals surface area contributed by atoms with Gasteiger partial charge in [-0.15, -0.1) is 0 Å². The third-order valence-electron chi connectivity index (χ3n) is 2.53. The number of hydrogen-bond donors (Lipinski definition) is 0. The number of rotatable bonds is 0. The molecule has 0 aliphatic heterocycles. The highest BCUT2D eigenvalue weighted by Gasteiger charge is 2.05. The molecule has 0 aliphatic carbocycles. The van der Waals surface area contributed by atoms with Gasteiger partial charge in [-0.3, -0.25) is 9.36 Å². The van der Waals surface area contributed by atoms with Crippen LogP contribution in [0.2, 0.25) is 0 Å². The number of para-hydroxylation sites is 1. The van der Waals surface area contributed by atoms with E-state index in [1.807, 2.05) is 32.0 Å². The summed E-state index contributed by atoms with van der Waals surface area (Å²) in [6.07, 6.45) is 0. The lowest BCUT2D eigenvalue weighted by atomic mass is 10.1. The van der Waals surface area contributed by atoms with Crippen molar-refractivity contribution in [3.05, 3.63) is 39.9 Å². The van der Waals surface area contributed by atoms with Crippen LogP contribution >= 0.6 is 0 Å². The van der Waals surface area contributed by atoms with Crippen LogP contribution in [0.5, 0.6) is 0 Å². The molecule has 0 fully saturated rings. The van der Waals surface area contributed by atoms with Crippen molar-refractivity contribution in [3.8, 4) is 0 Å². The van der Waals surface area contributed by atoms with E-state index in [0.717, 1.165) is 16.9 Å². The molecule has 1 aromatic heterocycles. The Bertz CT molecular complexity index is 555. The van der Waals surface area contributed by atoms with Gasteiger partial charge >= 0.3 is 0 Å². The molecule has 0 N–H and O–H groups in total. The first-order valence-electron chi connectivity index (χ1n) is 4.54. The van der Waals surface area contributed by atoms with Crippen molar-refractivity contribution in [2.24, 2.45) is 7.05 Å². The number of nitrogens with zero attached hydrogens (tertiary/aromatic N) is 2. The molecule has 0 unspecified atom stereocenters. The molecule has 0 radical (unpaired) electrons. The van der Waals surface area contributed by atoms with Gasteiger partial charge in [0.05, 0.1) is 10.9 Å². The van der Waals surface area contributed by atoms with Crippen molar-refractivity contribution < 1.29 is 0 Å². The summed E-state index contributed by atoms with van der Waals surface area (Å²) in [5.74, 6) is 0.747. The number of benzene rings is 1. The van der Waals surface area contributed by atoms with E-state index in [1.165, 1.54) is 0 Å². The Kier molecular flexibility index (Phi) is 1.88. The van der Waals surface area contributed by atoms with Gasteiger partial charge in [0.15, 0.2) is 0 Å². The van der Waals surface area contributed by atoms with E-state index in [9.17, 15) is 4.79 Å². The van der Waals surface area contributed by atoms with Gasteiger partial charge in [-0.1, -0.05) is 12.1 Å². The Labute approximate surface area is 82.0 Å². The Balaban J connectivity index is 3.06. The van der Waals surface area contributed by atoms with Crippen LogP contribution in [-0.2, 0) is 7.05 Å². The smallest absolute Gasteiger partial charge is 0.261 e. The molecule has 14 heavy (non-hydrogen) atoms. The highest BCUT2D eigenvalue weighted by atomic mass is 16.1. The third-order valence-corrected chi connectivity index (χ3v) is 2.53. The van der Waals surface area contributed by atoms with Gasteiger partial charge in [0.2, 0.25) is 0 Å². The quantitative estimate of drug-likeness (QED) is 0.628. The standard InChI is InChI=1S/C11H12N2O/c1-7-5-4-6-9-10(7)12-8(2)13(3)11(9)14/h4-6H,1-3H3. The van der Waals surface area contributed by atoms with Crippen LogP contribution in [0.4, 0.5) is 0 Å². The summed E-state index contributed by atoms with van der Waals surface area (Å²) >= 11 is 0. The lowest BCUT2D eigenvalue weighted by molar-refractivity contribution is 0.792. The first kappa shape index (κ1) is 8.94. The molecule has 1 heterocycles. The summed E-state index contributed by atoms with van der Waals surface area (Å²) in [5, 5.41) is 0.693. The van der Waals surface area contributed by atoms with Crippen LogP contribution in [0, 0.1) is 13.8 Å². The van der Waals surface area contributed by atoms with E-state index in [1.54, 1.807) is 11.6 Å². The number of aryl methyl sites for hydroxylation is 2. The van der Waals surface area contributed by atoms with E-state index in [4.69, 9.17) is 0 Å². The maximum Gasteiger partial charge on any atom is 0.261 e. The topological polar surface area (TPSA) is 34.9 Å². The molecule has 2 rings (SSSR count). The average Bonchev–Trinajstić information content (AvgIpc) is 2.17. The van der Waals surface area contributed by atoms with Crippen molar-refractivity contribution in [1.29, 1.82) is 0 Å². The maximum absolute atomic E-state index is 11.8. The molecule has 72 valence electrons.